The maximum Gasteiger partial charge on any atom is 0.330 e. The van der Waals surface area contributed by atoms with Crippen LogP contribution in [0.5, 0.6) is 0 Å². The fraction of sp³-hybridized carbons (Fsp3) is 0.520. The molecule has 0 radical (unpaired) electrons. The van der Waals surface area contributed by atoms with Gasteiger partial charge in [-0.2, -0.15) is 0 Å². The molecule has 1 aliphatic heterocycles. The van der Waals surface area contributed by atoms with Crippen molar-refractivity contribution < 1.29 is 38.9 Å². The molecular weight excluding hydrogens is 442 g/mol. The highest BCUT2D eigenvalue weighted by Gasteiger charge is 2.16. The Bertz CT molecular complexity index is 630. The van der Waals surface area contributed by atoms with E-state index in [-0.39, 0.29) is 25.1 Å². The zero-order valence-corrected chi connectivity index (χ0v) is 20.6. The van der Waals surface area contributed by atoms with Crippen molar-refractivity contribution in [1.82, 2.24) is 4.90 Å². The number of aliphatic carboxylic acids is 1. The standard InChI is InChI=1S/C11H20O2.C6H9NO.C5H8O3.C3H4O2/c1-4-7-8-10(5-2)9-13-11(12)6-3;1-2-7-5-3-4-6(7)8;1-2-5(7)8-4-3-6;1-2-3(4)5/h6,10H,3-5,7-9H2,1-2H3;2H,1,3-5H2;2,6H,1,3-4H2;2H,1H2,(H,4,5). The minimum atomic E-state index is -0.981. The minimum Gasteiger partial charge on any atom is -0.478 e. The van der Waals surface area contributed by atoms with Gasteiger partial charge in [0.1, 0.15) is 6.61 Å². The maximum atomic E-state index is 10.8. The van der Waals surface area contributed by atoms with Gasteiger partial charge in [-0.05, 0) is 25.0 Å². The van der Waals surface area contributed by atoms with Crippen LogP contribution in [0.4, 0.5) is 0 Å². The van der Waals surface area contributed by atoms with Gasteiger partial charge >= 0.3 is 17.9 Å². The summed E-state index contributed by atoms with van der Waals surface area (Å²) in [5, 5.41) is 15.7. The number of hydrogen-bond donors (Lipinski definition) is 2. The van der Waals surface area contributed by atoms with Crippen molar-refractivity contribution in [2.45, 2.75) is 52.4 Å². The summed E-state index contributed by atoms with van der Waals surface area (Å²) in [4.78, 5) is 42.4. The predicted molar refractivity (Wildman–Crippen MR) is 132 cm³/mol. The second-order valence-corrected chi connectivity index (χ2v) is 6.76. The number of aliphatic hydroxyl groups excluding tert-OH is 1. The largest absolute Gasteiger partial charge is 0.478 e. The van der Waals surface area contributed by atoms with Crippen LogP contribution in [0.3, 0.4) is 0 Å². The van der Waals surface area contributed by atoms with Gasteiger partial charge in [0.05, 0.1) is 13.2 Å². The van der Waals surface area contributed by atoms with Crippen molar-refractivity contribution in [2.24, 2.45) is 5.92 Å². The van der Waals surface area contributed by atoms with E-state index in [2.05, 4.69) is 44.9 Å². The molecule has 0 aromatic rings. The quantitative estimate of drug-likeness (QED) is 0.318. The lowest BCUT2D eigenvalue weighted by atomic mass is 10.0. The first-order chi connectivity index (χ1) is 16.2. The molecule has 1 aliphatic rings. The summed E-state index contributed by atoms with van der Waals surface area (Å²) in [5.41, 5.74) is 0. The number of hydrogen-bond acceptors (Lipinski definition) is 7. The van der Waals surface area contributed by atoms with Crippen LogP contribution in [0, 0.1) is 5.92 Å². The van der Waals surface area contributed by atoms with Crippen molar-refractivity contribution in [1.29, 1.82) is 0 Å². The van der Waals surface area contributed by atoms with Crippen LogP contribution in [0.1, 0.15) is 52.4 Å². The highest BCUT2D eigenvalue weighted by Crippen LogP contribution is 2.12. The lowest BCUT2D eigenvalue weighted by Crippen LogP contribution is -2.16. The Hall–Kier alpha value is -3.20. The molecule has 194 valence electrons. The van der Waals surface area contributed by atoms with Gasteiger partial charge in [0.2, 0.25) is 5.91 Å². The molecule has 0 saturated carbocycles. The molecule has 0 aromatic carbocycles. The molecule has 0 aromatic heterocycles. The van der Waals surface area contributed by atoms with Gasteiger partial charge in [0.25, 0.3) is 0 Å². The Morgan fingerprint density at radius 2 is 1.62 bits per heavy atom. The van der Waals surface area contributed by atoms with Gasteiger partial charge in [0, 0.05) is 31.2 Å². The van der Waals surface area contributed by atoms with E-state index in [0.29, 0.717) is 18.9 Å². The van der Waals surface area contributed by atoms with Crippen molar-refractivity contribution in [3.8, 4) is 0 Å². The average molecular weight is 484 g/mol. The highest BCUT2D eigenvalue weighted by molar-refractivity contribution is 5.81. The van der Waals surface area contributed by atoms with E-state index in [9.17, 15) is 19.2 Å². The SMILES string of the molecule is C=CC(=O)O.C=CC(=O)OCC(CC)CCCC.C=CC(=O)OCCO.C=CN1CCCC1=O. The smallest absolute Gasteiger partial charge is 0.330 e. The minimum absolute atomic E-state index is 0.0465. The van der Waals surface area contributed by atoms with E-state index in [0.717, 1.165) is 38.0 Å². The van der Waals surface area contributed by atoms with E-state index >= 15 is 0 Å². The summed E-state index contributed by atoms with van der Waals surface area (Å²) in [6.45, 7) is 18.6. The van der Waals surface area contributed by atoms with Crippen LogP contribution < -0.4 is 0 Å². The molecule has 2 N–H and O–H groups in total. The molecule has 9 heteroatoms. The zero-order chi connectivity index (χ0) is 26.8. The summed E-state index contributed by atoms with van der Waals surface area (Å²) in [7, 11) is 0. The Kier molecular flexibility index (Phi) is 27.1. The number of unbranched alkanes of at least 4 members (excludes halogenated alkanes) is 1. The number of carbonyl (C=O) groups is 4. The third-order valence-corrected chi connectivity index (χ3v) is 4.18. The monoisotopic (exact) mass is 483 g/mol. The van der Waals surface area contributed by atoms with Crippen LogP contribution in [0.15, 0.2) is 50.7 Å². The van der Waals surface area contributed by atoms with Crippen molar-refractivity contribution in [2.75, 3.05) is 26.4 Å². The van der Waals surface area contributed by atoms with E-state index in [4.69, 9.17) is 14.9 Å². The first kappa shape index (κ1) is 35.4. The summed E-state index contributed by atoms with van der Waals surface area (Å²) in [6, 6.07) is 0. The molecule has 9 nitrogen and oxygen atoms in total. The van der Waals surface area contributed by atoms with Crippen molar-refractivity contribution in [3.63, 3.8) is 0 Å². The number of carboxylic acids is 1. The number of ether oxygens (including phenoxy) is 2. The number of likely N-dealkylation sites (tertiary alicyclic amines) is 1. The molecule has 1 heterocycles. The van der Waals surface area contributed by atoms with Crippen LogP contribution in [-0.2, 0) is 28.7 Å². The Morgan fingerprint density at radius 3 is 1.94 bits per heavy atom. The molecule has 0 bridgehead atoms. The summed E-state index contributed by atoms with van der Waals surface area (Å²) >= 11 is 0. The second-order valence-electron chi connectivity index (χ2n) is 6.76. The van der Waals surface area contributed by atoms with E-state index in [1.165, 1.54) is 18.9 Å². The van der Waals surface area contributed by atoms with Gasteiger partial charge < -0.3 is 24.6 Å². The molecule has 1 amide bonds. The lowest BCUT2D eigenvalue weighted by molar-refractivity contribution is -0.139. The van der Waals surface area contributed by atoms with Gasteiger partial charge in [-0.3, -0.25) is 4.79 Å². The molecular formula is C25H41NO8. The second kappa shape index (κ2) is 26.1. The number of esters is 2. The average Bonchev–Trinajstić information content (AvgIpc) is 3.28. The van der Waals surface area contributed by atoms with Crippen LogP contribution >= 0.6 is 0 Å². The predicted octanol–water partition coefficient (Wildman–Crippen LogP) is 3.65. The normalized spacial score (nSPS) is 12.1. The van der Waals surface area contributed by atoms with E-state index in [1.54, 1.807) is 11.1 Å². The molecule has 1 atom stereocenters. The molecule has 1 unspecified atom stereocenters. The van der Waals surface area contributed by atoms with E-state index < -0.39 is 11.9 Å². The molecule has 0 aliphatic carbocycles. The first-order valence-electron chi connectivity index (χ1n) is 11.1. The number of carboxylic acid groups (broad SMARTS) is 1. The Labute approximate surface area is 203 Å². The van der Waals surface area contributed by atoms with Crippen molar-refractivity contribution in [3.05, 3.63) is 50.7 Å². The van der Waals surface area contributed by atoms with Gasteiger partial charge in [-0.15, -0.1) is 0 Å². The number of amides is 1. The van der Waals surface area contributed by atoms with Crippen LogP contribution in [0.25, 0.3) is 0 Å². The van der Waals surface area contributed by atoms with Gasteiger partial charge in [0.15, 0.2) is 0 Å². The molecule has 1 rings (SSSR count). The molecule has 1 saturated heterocycles. The fourth-order valence-electron chi connectivity index (χ4n) is 2.22. The topological polar surface area (TPSA) is 130 Å². The Morgan fingerprint density at radius 1 is 1.06 bits per heavy atom. The maximum absolute atomic E-state index is 10.8. The Balaban J connectivity index is -0.000000399. The molecule has 1 fully saturated rings. The number of carbonyl (C=O) groups excluding carboxylic acids is 3. The first-order valence-corrected chi connectivity index (χ1v) is 11.1. The third-order valence-electron chi connectivity index (χ3n) is 4.18. The summed E-state index contributed by atoms with van der Waals surface area (Å²) in [6.07, 6.45) is 11.0. The van der Waals surface area contributed by atoms with Gasteiger partial charge in [-0.1, -0.05) is 59.4 Å². The fourth-order valence-corrected chi connectivity index (χ4v) is 2.22. The van der Waals surface area contributed by atoms with Crippen LogP contribution in [0.2, 0.25) is 0 Å². The number of aliphatic hydroxyl groups is 1. The summed E-state index contributed by atoms with van der Waals surface area (Å²) < 4.78 is 9.32. The third kappa shape index (κ3) is 25.1. The highest BCUT2D eigenvalue weighted by atomic mass is 16.5. The number of rotatable bonds is 12. The van der Waals surface area contributed by atoms with Crippen molar-refractivity contribution >= 4 is 23.8 Å². The zero-order valence-electron chi connectivity index (χ0n) is 20.6. The lowest BCUT2D eigenvalue weighted by Gasteiger charge is -2.13. The summed E-state index contributed by atoms with van der Waals surface area (Å²) in [5.74, 6) is -1.07. The van der Waals surface area contributed by atoms with Gasteiger partial charge in [-0.25, -0.2) is 14.4 Å². The molecule has 0 spiro atoms. The molecule has 34 heavy (non-hydrogen) atoms. The number of nitrogens with zero attached hydrogens (tertiary/aromatic N) is 1. The van der Waals surface area contributed by atoms with E-state index in [1.807, 2.05) is 0 Å². The van der Waals surface area contributed by atoms with Crippen LogP contribution in [-0.4, -0.2) is 65.3 Å².